The predicted molar refractivity (Wildman–Crippen MR) is 137 cm³/mol. The first-order valence-corrected chi connectivity index (χ1v) is 12.1. The van der Waals surface area contributed by atoms with Gasteiger partial charge >= 0.3 is 0 Å². The first-order chi connectivity index (χ1) is 16.3. The molecule has 2 heterocycles. The Kier molecular flexibility index (Phi) is 8.24. The van der Waals surface area contributed by atoms with E-state index in [0.29, 0.717) is 0 Å². The molecule has 33 heavy (non-hydrogen) atoms. The zero-order valence-corrected chi connectivity index (χ0v) is 19.4. The second-order valence-electron chi connectivity index (χ2n) is 8.35. The number of unbranched alkanes of at least 4 members (excludes halogenated alkanes) is 5. The van der Waals surface area contributed by atoms with Crippen molar-refractivity contribution < 1.29 is 4.74 Å². The normalized spacial score (nSPS) is 10.8. The Hall–Kier alpha value is -3.46. The van der Waals surface area contributed by atoms with E-state index >= 15 is 0 Å². The molecule has 4 aromatic rings. The zero-order chi connectivity index (χ0) is 22.7. The molecule has 2 aromatic heterocycles. The van der Waals surface area contributed by atoms with Crippen LogP contribution in [-0.2, 0) is 0 Å². The summed E-state index contributed by atoms with van der Waals surface area (Å²) in [5.74, 6) is 0.926. The number of hydrogen-bond donors (Lipinski definition) is 0. The fourth-order valence-electron chi connectivity index (χ4n) is 3.92. The van der Waals surface area contributed by atoms with Gasteiger partial charge in [0.1, 0.15) is 5.75 Å². The minimum Gasteiger partial charge on any atom is -0.494 e. The molecule has 0 fully saturated rings. The quantitative estimate of drug-likeness (QED) is 0.222. The number of pyridine rings is 2. The molecule has 0 unspecified atom stereocenters. The van der Waals surface area contributed by atoms with Crippen molar-refractivity contribution in [3.05, 3.63) is 91.1 Å². The fourth-order valence-corrected chi connectivity index (χ4v) is 3.92. The average molecular weight is 437 g/mol. The summed E-state index contributed by atoms with van der Waals surface area (Å²) < 4.78 is 5.97. The van der Waals surface area contributed by atoms with Gasteiger partial charge in [-0.15, -0.1) is 0 Å². The maximum Gasteiger partial charge on any atom is 0.119 e. The summed E-state index contributed by atoms with van der Waals surface area (Å²) in [7, 11) is 0. The van der Waals surface area contributed by atoms with E-state index in [-0.39, 0.29) is 0 Å². The van der Waals surface area contributed by atoms with Crippen LogP contribution in [0.3, 0.4) is 0 Å². The molecule has 0 bridgehead atoms. The van der Waals surface area contributed by atoms with Crippen LogP contribution in [0.25, 0.3) is 33.8 Å². The lowest BCUT2D eigenvalue weighted by molar-refractivity contribution is 0.304. The van der Waals surface area contributed by atoms with E-state index in [1.54, 1.807) is 0 Å². The van der Waals surface area contributed by atoms with Crippen molar-refractivity contribution in [3.63, 3.8) is 0 Å². The summed E-state index contributed by atoms with van der Waals surface area (Å²) in [6.45, 7) is 3.03. The van der Waals surface area contributed by atoms with Crippen LogP contribution in [0.15, 0.2) is 91.1 Å². The smallest absolute Gasteiger partial charge is 0.119 e. The molecule has 168 valence electrons. The van der Waals surface area contributed by atoms with Crippen molar-refractivity contribution in [2.24, 2.45) is 0 Å². The molecule has 0 N–H and O–H groups in total. The van der Waals surface area contributed by atoms with Crippen LogP contribution in [0.1, 0.15) is 45.4 Å². The Balaban J connectivity index is 1.51. The van der Waals surface area contributed by atoms with E-state index < -0.39 is 0 Å². The van der Waals surface area contributed by atoms with Gasteiger partial charge in [0.05, 0.1) is 23.7 Å². The number of aromatic nitrogens is 2. The van der Waals surface area contributed by atoms with E-state index in [1.807, 2.05) is 42.6 Å². The minimum atomic E-state index is 0.780. The molecule has 0 saturated heterocycles. The van der Waals surface area contributed by atoms with Gasteiger partial charge in [-0.1, -0.05) is 87.6 Å². The van der Waals surface area contributed by atoms with Crippen LogP contribution in [-0.4, -0.2) is 16.6 Å². The third-order valence-corrected chi connectivity index (χ3v) is 5.78. The van der Waals surface area contributed by atoms with Crippen LogP contribution in [0, 0.1) is 0 Å². The zero-order valence-electron chi connectivity index (χ0n) is 19.4. The van der Waals surface area contributed by atoms with E-state index in [9.17, 15) is 0 Å². The van der Waals surface area contributed by atoms with Crippen molar-refractivity contribution in [2.75, 3.05) is 6.61 Å². The van der Waals surface area contributed by atoms with Crippen LogP contribution < -0.4 is 4.74 Å². The minimum absolute atomic E-state index is 0.780. The number of rotatable bonds is 11. The molecule has 0 aliphatic rings. The lowest BCUT2D eigenvalue weighted by atomic mass is 10.0. The van der Waals surface area contributed by atoms with Gasteiger partial charge in [0.15, 0.2) is 0 Å². The topological polar surface area (TPSA) is 35.0 Å². The first-order valence-electron chi connectivity index (χ1n) is 12.1. The summed E-state index contributed by atoms with van der Waals surface area (Å²) in [5, 5.41) is 0. The van der Waals surface area contributed by atoms with Gasteiger partial charge in [0, 0.05) is 11.8 Å². The molecule has 3 nitrogen and oxygen atoms in total. The summed E-state index contributed by atoms with van der Waals surface area (Å²) in [6.07, 6.45) is 9.43. The molecule has 0 atom stereocenters. The Morgan fingerprint density at radius 1 is 0.606 bits per heavy atom. The van der Waals surface area contributed by atoms with Gasteiger partial charge in [-0.2, -0.15) is 0 Å². The molecule has 3 heteroatoms. The largest absolute Gasteiger partial charge is 0.494 e. The van der Waals surface area contributed by atoms with E-state index in [1.165, 1.54) is 32.1 Å². The average Bonchev–Trinajstić information content (AvgIpc) is 2.89. The highest BCUT2D eigenvalue weighted by molar-refractivity contribution is 5.75. The fraction of sp³-hybridized carbons (Fsp3) is 0.267. The van der Waals surface area contributed by atoms with Gasteiger partial charge in [0.2, 0.25) is 0 Å². The van der Waals surface area contributed by atoms with Crippen LogP contribution >= 0.6 is 0 Å². The van der Waals surface area contributed by atoms with Crippen molar-refractivity contribution >= 4 is 0 Å². The standard InChI is InChI=1S/C30H32N2O/c1-2-3-4-5-6-12-21-33-27-18-16-24(17-19-27)26-22-29(25-13-8-7-9-14-25)32-30(23-26)28-15-10-11-20-31-28/h7-11,13-20,22-23H,2-6,12,21H2,1H3. The number of ether oxygens (including phenoxy) is 1. The summed E-state index contributed by atoms with van der Waals surface area (Å²) in [5.41, 5.74) is 6.03. The lowest BCUT2D eigenvalue weighted by Crippen LogP contribution is -1.97. The Labute approximate surface area is 197 Å². The highest BCUT2D eigenvalue weighted by Crippen LogP contribution is 2.30. The number of nitrogens with zero attached hydrogens (tertiary/aromatic N) is 2. The lowest BCUT2D eigenvalue weighted by Gasteiger charge is -2.11. The highest BCUT2D eigenvalue weighted by atomic mass is 16.5. The first kappa shape index (κ1) is 22.7. The van der Waals surface area contributed by atoms with E-state index in [2.05, 4.69) is 60.4 Å². The molecule has 0 saturated carbocycles. The molecule has 0 aliphatic carbocycles. The van der Waals surface area contributed by atoms with Gasteiger partial charge < -0.3 is 4.74 Å². The Morgan fingerprint density at radius 2 is 1.33 bits per heavy atom. The summed E-state index contributed by atoms with van der Waals surface area (Å²) >= 11 is 0. The molecule has 4 rings (SSSR count). The molecule has 0 amide bonds. The van der Waals surface area contributed by atoms with Gasteiger partial charge in [-0.3, -0.25) is 4.98 Å². The maximum atomic E-state index is 5.97. The third kappa shape index (κ3) is 6.52. The van der Waals surface area contributed by atoms with Crippen LogP contribution in [0.4, 0.5) is 0 Å². The molecule has 0 aliphatic heterocycles. The molecule has 0 radical (unpaired) electrons. The SMILES string of the molecule is CCCCCCCCOc1ccc(-c2cc(-c3ccccc3)nc(-c3ccccn3)c2)cc1. The molecular formula is C30H32N2O. The summed E-state index contributed by atoms with van der Waals surface area (Å²) in [4.78, 5) is 9.42. The van der Waals surface area contributed by atoms with Crippen molar-refractivity contribution in [1.82, 2.24) is 9.97 Å². The Bertz CT molecular complexity index is 1050. The van der Waals surface area contributed by atoms with Crippen molar-refractivity contribution in [1.29, 1.82) is 0 Å². The van der Waals surface area contributed by atoms with E-state index in [4.69, 9.17) is 9.72 Å². The van der Waals surface area contributed by atoms with Crippen molar-refractivity contribution in [3.8, 4) is 39.5 Å². The second kappa shape index (κ2) is 12.0. The Morgan fingerprint density at radius 3 is 2.09 bits per heavy atom. The van der Waals surface area contributed by atoms with Crippen LogP contribution in [0.5, 0.6) is 5.75 Å². The number of benzene rings is 2. The van der Waals surface area contributed by atoms with Crippen molar-refractivity contribution in [2.45, 2.75) is 45.4 Å². The second-order valence-corrected chi connectivity index (χ2v) is 8.35. The van der Waals surface area contributed by atoms with Gasteiger partial charge in [0.25, 0.3) is 0 Å². The molecular weight excluding hydrogens is 404 g/mol. The predicted octanol–water partition coefficient (Wildman–Crippen LogP) is 8.22. The third-order valence-electron chi connectivity index (χ3n) is 5.78. The molecule has 2 aromatic carbocycles. The van der Waals surface area contributed by atoms with E-state index in [0.717, 1.165) is 52.5 Å². The van der Waals surface area contributed by atoms with Crippen LogP contribution in [0.2, 0.25) is 0 Å². The maximum absolute atomic E-state index is 5.97. The highest BCUT2D eigenvalue weighted by Gasteiger charge is 2.09. The van der Waals surface area contributed by atoms with Gasteiger partial charge in [-0.25, -0.2) is 4.98 Å². The summed E-state index contributed by atoms with van der Waals surface area (Å²) in [6, 6.07) is 28.9. The number of hydrogen-bond acceptors (Lipinski definition) is 3. The monoisotopic (exact) mass is 436 g/mol. The molecule has 0 spiro atoms. The van der Waals surface area contributed by atoms with Gasteiger partial charge in [-0.05, 0) is 53.9 Å².